The second-order valence-corrected chi connectivity index (χ2v) is 7.05. The van der Waals surface area contributed by atoms with Crippen LogP contribution in [0.3, 0.4) is 0 Å². The summed E-state index contributed by atoms with van der Waals surface area (Å²) < 4.78 is 23.0. The van der Waals surface area contributed by atoms with Crippen LogP contribution in [0.4, 0.5) is 0 Å². The number of benzene rings is 3. The number of aromatic nitrogens is 1. The van der Waals surface area contributed by atoms with E-state index in [1.165, 1.54) is 0 Å². The average Bonchev–Trinajstić information content (AvgIpc) is 2.84. The van der Waals surface area contributed by atoms with Crippen molar-refractivity contribution in [1.82, 2.24) is 4.98 Å². The Balaban J connectivity index is 1.67. The van der Waals surface area contributed by atoms with Gasteiger partial charge in [0.1, 0.15) is 30.1 Å². The summed E-state index contributed by atoms with van der Waals surface area (Å²) in [5, 5.41) is 0.768. The zero-order valence-corrected chi connectivity index (χ0v) is 17.9. The van der Waals surface area contributed by atoms with Crippen LogP contribution in [-0.2, 0) is 17.8 Å². The van der Waals surface area contributed by atoms with Crippen LogP contribution in [0.2, 0.25) is 0 Å². The second kappa shape index (κ2) is 9.83. The third-order valence-corrected chi connectivity index (χ3v) is 5.01. The highest BCUT2D eigenvalue weighted by Gasteiger charge is 2.14. The number of ether oxygens (including phenoxy) is 4. The number of carbonyl (C=O) groups is 1. The van der Waals surface area contributed by atoms with Gasteiger partial charge in [-0.25, -0.2) is 0 Å². The molecule has 32 heavy (non-hydrogen) atoms. The molecule has 0 unspecified atom stereocenters. The largest absolute Gasteiger partial charge is 0.497 e. The minimum absolute atomic E-state index is 0.219. The average molecular weight is 429 g/mol. The monoisotopic (exact) mass is 429 g/mol. The van der Waals surface area contributed by atoms with Crippen LogP contribution in [0.1, 0.15) is 11.1 Å². The van der Waals surface area contributed by atoms with Gasteiger partial charge in [-0.2, -0.15) is 0 Å². The lowest BCUT2D eigenvalue weighted by Gasteiger charge is -2.15. The molecule has 0 saturated heterocycles. The molecule has 3 aromatic carbocycles. The van der Waals surface area contributed by atoms with Crippen molar-refractivity contribution in [2.45, 2.75) is 13.0 Å². The molecular formula is C26H23NO5. The first-order valence-corrected chi connectivity index (χ1v) is 10.1. The molecule has 0 bridgehead atoms. The molecule has 0 saturated carbocycles. The molecule has 1 aromatic heterocycles. The Morgan fingerprint density at radius 3 is 2.44 bits per heavy atom. The predicted molar refractivity (Wildman–Crippen MR) is 122 cm³/mol. The van der Waals surface area contributed by atoms with E-state index in [0.717, 1.165) is 22.8 Å². The molecule has 0 radical (unpaired) electrons. The van der Waals surface area contributed by atoms with Gasteiger partial charge in [0.05, 0.1) is 19.7 Å². The molecule has 0 spiro atoms. The summed E-state index contributed by atoms with van der Waals surface area (Å²) in [5.74, 6) is 3.01. The van der Waals surface area contributed by atoms with Gasteiger partial charge in [0.25, 0.3) is 0 Å². The van der Waals surface area contributed by atoms with E-state index in [1.807, 2.05) is 42.5 Å². The number of carbonyl (C=O) groups excluding carboxylic acids is 1. The molecular weight excluding hydrogens is 406 g/mol. The maximum absolute atomic E-state index is 11.1. The predicted octanol–water partition coefficient (Wildman–Crippen LogP) is 5.36. The van der Waals surface area contributed by atoms with Crippen molar-refractivity contribution in [2.24, 2.45) is 0 Å². The molecule has 0 fully saturated rings. The van der Waals surface area contributed by atoms with E-state index in [9.17, 15) is 4.79 Å². The van der Waals surface area contributed by atoms with Crippen molar-refractivity contribution in [3.63, 3.8) is 0 Å². The van der Waals surface area contributed by atoms with Gasteiger partial charge >= 0.3 is 0 Å². The third kappa shape index (κ3) is 4.64. The summed E-state index contributed by atoms with van der Waals surface area (Å²) >= 11 is 0. The van der Waals surface area contributed by atoms with Crippen molar-refractivity contribution >= 4 is 17.2 Å². The highest BCUT2D eigenvalue weighted by atomic mass is 16.5. The molecule has 4 rings (SSSR count). The van der Waals surface area contributed by atoms with E-state index in [2.05, 4.69) is 4.98 Å². The Bertz CT molecular complexity index is 1220. The highest BCUT2D eigenvalue weighted by molar-refractivity contribution is 5.88. The quantitative estimate of drug-likeness (QED) is 0.334. The van der Waals surface area contributed by atoms with Crippen molar-refractivity contribution < 1.29 is 23.7 Å². The molecule has 4 aromatic rings. The first-order valence-electron chi connectivity index (χ1n) is 10.1. The summed E-state index contributed by atoms with van der Waals surface area (Å²) in [7, 11) is 3.18. The summed E-state index contributed by atoms with van der Waals surface area (Å²) in [4.78, 5) is 15.6. The molecule has 0 N–H and O–H groups in total. The Labute approximate surface area is 186 Å². The number of hydrogen-bond acceptors (Lipinski definition) is 6. The molecule has 0 aliphatic heterocycles. The van der Waals surface area contributed by atoms with Crippen LogP contribution in [0.15, 0.2) is 72.9 Å². The van der Waals surface area contributed by atoms with Crippen LogP contribution < -0.4 is 18.9 Å². The van der Waals surface area contributed by atoms with Crippen LogP contribution in [0.5, 0.6) is 28.7 Å². The molecule has 6 heteroatoms. The van der Waals surface area contributed by atoms with E-state index in [4.69, 9.17) is 18.9 Å². The maximum atomic E-state index is 11.1. The number of methoxy groups -OCH3 is 2. The van der Waals surface area contributed by atoms with Crippen molar-refractivity contribution in [1.29, 1.82) is 0 Å². The molecule has 0 amide bonds. The van der Waals surface area contributed by atoms with Gasteiger partial charge in [-0.1, -0.05) is 30.3 Å². The fourth-order valence-corrected chi connectivity index (χ4v) is 3.38. The van der Waals surface area contributed by atoms with Gasteiger partial charge < -0.3 is 23.7 Å². The lowest BCUT2D eigenvalue weighted by atomic mass is 10.1. The Hall–Kier alpha value is -4.06. The van der Waals surface area contributed by atoms with Crippen LogP contribution in [0, 0.1) is 0 Å². The number of aldehydes is 1. The highest BCUT2D eigenvalue weighted by Crippen LogP contribution is 2.38. The smallest absolute Gasteiger partial charge is 0.163 e. The van der Waals surface area contributed by atoms with Gasteiger partial charge in [-0.05, 0) is 35.9 Å². The van der Waals surface area contributed by atoms with Gasteiger partial charge in [0.15, 0.2) is 11.5 Å². The standard InChI is InChI=1S/C26H23NO5/c1-29-20-8-9-23(19(14-20)11-13-28)32-24-10-12-27-22-16-26(25(30-2)15-21(22)24)31-17-18-6-4-3-5-7-18/h3-10,12-16H,11,17H2,1-2H3. The topological polar surface area (TPSA) is 66.9 Å². The van der Waals surface area contributed by atoms with Crippen molar-refractivity contribution in [3.8, 4) is 28.7 Å². The van der Waals surface area contributed by atoms with Crippen molar-refractivity contribution in [3.05, 3.63) is 84.1 Å². The number of fused-ring (bicyclic) bond motifs is 1. The molecule has 0 aliphatic carbocycles. The number of rotatable bonds is 9. The van der Waals surface area contributed by atoms with Gasteiger partial charge in [-0.15, -0.1) is 0 Å². The zero-order valence-electron chi connectivity index (χ0n) is 17.9. The molecule has 162 valence electrons. The fourth-order valence-electron chi connectivity index (χ4n) is 3.38. The SMILES string of the molecule is COc1ccc(Oc2ccnc3cc(OCc4ccccc4)c(OC)cc23)c(CC=O)c1. The van der Waals surface area contributed by atoms with Crippen LogP contribution in [0.25, 0.3) is 10.9 Å². The lowest BCUT2D eigenvalue weighted by Crippen LogP contribution is -1.99. The summed E-state index contributed by atoms with van der Waals surface area (Å²) in [5.41, 5.74) is 2.50. The van der Waals surface area contributed by atoms with E-state index < -0.39 is 0 Å². The number of nitrogens with zero attached hydrogens (tertiary/aromatic N) is 1. The Kier molecular flexibility index (Phi) is 6.51. The molecule has 0 aliphatic rings. The van der Waals surface area contributed by atoms with E-state index in [-0.39, 0.29) is 6.42 Å². The summed E-state index contributed by atoms with van der Waals surface area (Å²) in [6, 6.07) is 20.8. The van der Waals surface area contributed by atoms with Crippen LogP contribution >= 0.6 is 0 Å². The number of hydrogen-bond donors (Lipinski definition) is 0. The van der Waals surface area contributed by atoms with E-state index in [0.29, 0.717) is 40.9 Å². The molecule has 6 nitrogen and oxygen atoms in total. The number of pyridine rings is 1. The van der Waals surface area contributed by atoms with Crippen LogP contribution in [-0.4, -0.2) is 25.5 Å². The minimum atomic E-state index is 0.219. The first kappa shape index (κ1) is 21.2. The van der Waals surface area contributed by atoms with E-state index >= 15 is 0 Å². The second-order valence-electron chi connectivity index (χ2n) is 7.05. The van der Waals surface area contributed by atoms with Gasteiger partial charge in [-0.3, -0.25) is 4.98 Å². The molecule has 1 heterocycles. The van der Waals surface area contributed by atoms with Crippen molar-refractivity contribution in [2.75, 3.05) is 14.2 Å². The maximum Gasteiger partial charge on any atom is 0.163 e. The first-order chi connectivity index (χ1) is 15.7. The lowest BCUT2D eigenvalue weighted by molar-refractivity contribution is -0.107. The minimum Gasteiger partial charge on any atom is -0.497 e. The normalized spacial score (nSPS) is 10.6. The summed E-state index contributed by atoms with van der Waals surface area (Å²) in [6.45, 7) is 0.416. The van der Waals surface area contributed by atoms with E-state index in [1.54, 1.807) is 44.7 Å². The molecule has 0 atom stereocenters. The summed E-state index contributed by atoms with van der Waals surface area (Å²) in [6.07, 6.45) is 2.73. The zero-order chi connectivity index (χ0) is 22.3. The third-order valence-electron chi connectivity index (χ3n) is 5.01. The van der Waals surface area contributed by atoms with Gasteiger partial charge in [0, 0.05) is 29.6 Å². The Morgan fingerprint density at radius 2 is 1.69 bits per heavy atom. The fraction of sp³-hybridized carbons (Fsp3) is 0.154. The Morgan fingerprint density at radius 1 is 0.844 bits per heavy atom. The van der Waals surface area contributed by atoms with Gasteiger partial charge in [0.2, 0.25) is 0 Å².